The van der Waals surface area contributed by atoms with E-state index in [4.69, 9.17) is 9.94 Å². The maximum absolute atomic E-state index is 10.7. The molecule has 0 aromatic heterocycles. The summed E-state index contributed by atoms with van der Waals surface area (Å²) in [5, 5.41) is 23.0. The topological polar surface area (TPSA) is 88.2 Å². The molecule has 2 unspecified atom stereocenters. The van der Waals surface area contributed by atoms with Crippen LogP contribution >= 0.6 is 0 Å². The first-order valence-corrected chi connectivity index (χ1v) is 6.94. The van der Waals surface area contributed by atoms with Crippen LogP contribution in [0.5, 0.6) is 0 Å². The number of fused-ring (bicyclic) bond motifs is 2. The Morgan fingerprint density at radius 2 is 1.90 bits per heavy atom. The highest BCUT2D eigenvalue weighted by molar-refractivity contribution is 5.86. The third-order valence-corrected chi connectivity index (χ3v) is 4.15. The fraction of sp³-hybridized carbons (Fsp3) is 0.500. The molecule has 2 atom stereocenters. The molecule has 2 fully saturated rings. The van der Waals surface area contributed by atoms with Crippen molar-refractivity contribution in [3.05, 3.63) is 39.9 Å². The van der Waals surface area contributed by atoms with Crippen molar-refractivity contribution in [1.82, 2.24) is 4.90 Å². The van der Waals surface area contributed by atoms with Crippen LogP contribution in [0.3, 0.4) is 0 Å². The SMILES string of the molecule is O=[N+]([O-])c1ccc(CN2C3COCC2CC(=NO)C3)cc1. The van der Waals surface area contributed by atoms with Gasteiger partial charge in [0.15, 0.2) is 0 Å². The highest BCUT2D eigenvalue weighted by Crippen LogP contribution is 2.28. The second-order valence-corrected chi connectivity index (χ2v) is 5.52. The van der Waals surface area contributed by atoms with E-state index in [-0.39, 0.29) is 17.8 Å². The molecule has 0 spiro atoms. The van der Waals surface area contributed by atoms with E-state index >= 15 is 0 Å². The van der Waals surface area contributed by atoms with E-state index in [1.165, 1.54) is 12.1 Å². The van der Waals surface area contributed by atoms with Gasteiger partial charge in [0.25, 0.3) is 5.69 Å². The summed E-state index contributed by atoms with van der Waals surface area (Å²) in [5.41, 5.74) is 1.98. The van der Waals surface area contributed by atoms with Crippen LogP contribution in [0.1, 0.15) is 18.4 Å². The lowest BCUT2D eigenvalue weighted by atomic mass is 9.92. The largest absolute Gasteiger partial charge is 0.411 e. The number of piperidine rings is 1. The molecule has 2 bridgehead atoms. The van der Waals surface area contributed by atoms with Crippen LogP contribution in [0, 0.1) is 10.1 Å². The van der Waals surface area contributed by atoms with Gasteiger partial charge in [0.1, 0.15) is 0 Å². The van der Waals surface area contributed by atoms with Crippen molar-refractivity contribution >= 4 is 11.4 Å². The number of morpholine rings is 1. The van der Waals surface area contributed by atoms with E-state index < -0.39 is 4.92 Å². The summed E-state index contributed by atoms with van der Waals surface area (Å²) < 4.78 is 5.58. The minimum Gasteiger partial charge on any atom is -0.411 e. The summed E-state index contributed by atoms with van der Waals surface area (Å²) in [6, 6.07) is 7.07. The molecule has 7 nitrogen and oxygen atoms in total. The van der Waals surface area contributed by atoms with Gasteiger partial charge in [-0.2, -0.15) is 0 Å². The summed E-state index contributed by atoms with van der Waals surface area (Å²) in [5.74, 6) is 0. The number of nitro benzene ring substituents is 1. The van der Waals surface area contributed by atoms with E-state index in [1.54, 1.807) is 12.1 Å². The highest BCUT2D eigenvalue weighted by atomic mass is 16.6. The van der Waals surface area contributed by atoms with E-state index in [1.807, 2.05) is 0 Å². The number of benzene rings is 1. The number of hydrogen-bond donors (Lipinski definition) is 1. The monoisotopic (exact) mass is 291 g/mol. The number of nitro groups is 1. The number of ether oxygens (including phenoxy) is 1. The van der Waals surface area contributed by atoms with Crippen molar-refractivity contribution in [2.75, 3.05) is 13.2 Å². The van der Waals surface area contributed by atoms with Crippen LogP contribution in [0.2, 0.25) is 0 Å². The third kappa shape index (κ3) is 2.88. The Morgan fingerprint density at radius 3 is 2.43 bits per heavy atom. The Morgan fingerprint density at radius 1 is 1.29 bits per heavy atom. The zero-order valence-corrected chi connectivity index (χ0v) is 11.5. The van der Waals surface area contributed by atoms with Gasteiger partial charge < -0.3 is 9.94 Å². The maximum Gasteiger partial charge on any atom is 0.269 e. The second-order valence-electron chi connectivity index (χ2n) is 5.52. The molecular formula is C14H17N3O4. The van der Waals surface area contributed by atoms with Crippen molar-refractivity contribution in [3.63, 3.8) is 0 Å². The smallest absolute Gasteiger partial charge is 0.269 e. The second kappa shape index (κ2) is 5.79. The molecule has 112 valence electrons. The molecule has 0 aliphatic carbocycles. The van der Waals surface area contributed by atoms with Crippen molar-refractivity contribution < 1.29 is 14.9 Å². The van der Waals surface area contributed by atoms with Gasteiger partial charge in [0.2, 0.25) is 0 Å². The first-order chi connectivity index (χ1) is 10.2. The lowest BCUT2D eigenvalue weighted by Crippen LogP contribution is -2.56. The molecule has 1 aromatic carbocycles. The molecule has 1 N–H and O–H groups in total. The maximum atomic E-state index is 10.7. The number of nitrogens with zero attached hydrogens (tertiary/aromatic N) is 3. The van der Waals surface area contributed by atoms with Crippen LogP contribution < -0.4 is 0 Å². The fourth-order valence-corrected chi connectivity index (χ4v) is 3.08. The lowest BCUT2D eigenvalue weighted by molar-refractivity contribution is -0.384. The van der Waals surface area contributed by atoms with Gasteiger partial charge in [-0.3, -0.25) is 15.0 Å². The van der Waals surface area contributed by atoms with Crippen LogP contribution in [0.25, 0.3) is 0 Å². The summed E-state index contributed by atoms with van der Waals surface area (Å²) in [6.45, 7) is 1.99. The number of hydrogen-bond acceptors (Lipinski definition) is 6. The van der Waals surface area contributed by atoms with Gasteiger partial charge in [-0.1, -0.05) is 17.3 Å². The molecule has 2 aliphatic heterocycles. The van der Waals surface area contributed by atoms with Crippen LogP contribution in [0.15, 0.2) is 29.4 Å². The zero-order chi connectivity index (χ0) is 14.8. The van der Waals surface area contributed by atoms with E-state index in [2.05, 4.69) is 10.1 Å². The molecule has 0 amide bonds. The normalized spacial score (nSPS) is 25.6. The molecule has 21 heavy (non-hydrogen) atoms. The average Bonchev–Trinajstić information content (AvgIpc) is 2.47. The van der Waals surface area contributed by atoms with E-state index in [0.717, 1.165) is 17.8 Å². The molecule has 2 saturated heterocycles. The first-order valence-electron chi connectivity index (χ1n) is 6.94. The molecule has 1 aromatic rings. The number of rotatable bonds is 3. The average molecular weight is 291 g/mol. The summed E-state index contributed by atoms with van der Waals surface area (Å²) in [4.78, 5) is 12.6. The Labute approximate surface area is 122 Å². The van der Waals surface area contributed by atoms with Crippen LogP contribution in [0.4, 0.5) is 5.69 Å². The fourth-order valence-electron chi connectivity index (χ4n) is 3.08. The Balaban J connectivity index is 1.73. The van der Waals surface area contributed by atoms with Gasteiger partial charge in [-0.15, -0.1) is 0 Å². The Bertz CT molecular complexity index is 542. The van der Waals surface area contributed by atoms with Crippen molar-refractivity contribution in [1.29, 1.82) is 0 Å². The Hall–Kier alpha value is -1.99. The quantitative estimate of drug-likeness (QED) is 0.521. The molecule has 0 saturated carbocycles. The molecule has 0 radical (unpaired) electrons. The van der Waals surface area contributed by atoms with Crippen molar-refractivity contribution in [3.8, 4) is 0 Å². The van der Waals surface area contributed by atoms with Gasteiger partial charge in [-0.05, 0) is 5.56 Å². The molecule has 3 rings (SSSR count). The zero-order valence-electron chi connectivity index (χ0n) is 11.5. The summed E-state index contributed by atoms with van der Waals surface area (Å²) >= 11 is 0. The molecule has 2 aliphatic rings. The van der Waals surface area contributed by atoms with Crippen molar-refractivity contribution in [2.24, 2.45) is 5.16 Å². The number of oxime groups is 1. The minimum absolute atomic E-state index is 0.107. The lowest BCUT2D eigenvalue weighted by Gasteiger charge is -2.45. The first kappa shape index (κ1) is 14.0. The third-order valence-electron chi connectivity index (χ3n) is 4.15. The Kier molecular flexibility index (Phi) is 3.85. The van der Waals surface area contributed by atoms with E-state index in [9.17, 15) is 10.1 Å². The summed E-state index contributed by atoms with van der Waals surface area (Å²) in [6.07, 6.45) is 1.42. The van der Waals surface area contributed by atoms with Crippen LogP contribution in [-0.4, -0.2) is 46.0 Å². The predicted octanol–water partition coefficient (Wildman–Crippen LogP) is 1.79. The predicted molar refractivity (Wildman–Crippen MR) is 75.5 cm³/mol. The molecule has 2 heterocycles. The molecule has 7 heteroatoms. The van der Waals surface area contributed by atoms with Gasteiger partial charge in [-0.25, -0.2) is 0 Å². The van der Waals surface area contributed by atoms with Crippen LogP contribution in [-0.2, 0) is 11.3 Å². The standard InChI is InChI=1S/C14H17N3O4/c18-15-11-5-13-8-21-9-14(6-11)16(13)7-10-1-3-12(4-2-10)17(19)20/h1-4,13-14,18H,5-9H2. The van der Waals surface area contributed by atoms with Gasteiger partial charge in [0.05, 0.1) is 23.8 Å². The van der Waals surface area contributed by atoms with E-state index in [0.29, 0.717) is 26.1 Å². The minimum atomic E-state index is -0.392. The van der Waals surface area contributed by atoms with Gasteiger partial charge >= 0.3 is 0 Å². The van der Waals surface area contributed by atoms with Gasteiger partial charge in [0, 0.05) is 43.6 Å². The summed E-state index contributed by atoms with van der Waals surface area (Å²) in [7, 11) is 0. The molecular weight excluding hydrogens is 274 g/mol. The number of non-ortho nitro benzene ring substituents is 1. The highest BCUT2D eigenvalue weighted by Gasteiger charge is 2.37. The van der Waals surface area contributed by atoms with Crippen molar-refractivity contribution in [2.45, 2.75) is 31.5 Å².